The minimum absolute atomic E-state index is 0.780. The molecule has 0 atom stereocenters. The van der Waals surface area contributed by atoms with Crippen LogP contribution in [-0.2, 0) is 0 Å². The first kappa shape index (κ1) is 13.4. The highest BCUT2D eigenvalue weighted by Gasteiger charge is 1.88. The van der Waals surface area contributed by atoms with Crippen LogP contribution >= 0.6 is 0 Å². The van der Waals surface area contributed by atoms with Gasteiger partial charge < -0.3 is 16.4 Å². The van der Waals surface area contributed by atoms with Crippen LogP contribution in [0.4, 0.5) is 0 Å². The van der Waals surface area contributed by atoms with Gasteiger partial charge in [0.25, 0.3) is 0 Å². The van der Waals surface area contributed by atoms with E-state index in [1.807, 2.05) is 6.08 Å². The number of nitrogens with one attached hydrogen (secondary N) is 2. The van der Waals surface area contributed by atoms with Crippen molar-refractivity contribution in [1.82, 2.24) is 10.6 Å². The summed E-state index contributed by atoms with van der Waals surface area (Å²) < 4.78 is 0. The SMILES string of the molecule is C=C=CCNCCCCNCCCN. The van der Waals surface area contributed by atoms with E-state index in [9.17, 15) is 0 Å². The van der Waals surface area contributed by atoms with Gasteiger partial charge in [0, 0.05) is 6.54 Å². The Balaban J connectivity index is 2.88. The molecule has 0 bridgehead atoms. The van der Waals surface area contributed by atoms with E-state index in [0.717, 1.165) is 39.1 Å². The number of unbranched alkanes of at least 4 members (excludes halogenated alkanes) is 1. The van der Waals surface area contributed by atoms with E-state index in [4.69, 9.17) is 5.73 Å². The van der Waals surface area contributed by atoms with Gasteiger partial charge in [0.05, 0.1) is 0 Å². The first-order chi connectivity index (χ1) is 6.91. The van der Waals surface area contributed by atoms with Gasteiger partial charge in [0.15, 0.2) is 0 Å². The molecule has 0 fully saturated rings. The fourth-order valence-corrected chi connectivity index (χ4v) is 1.10. The summed E-state index contributed by atoms with van der Waals surface area (Å²) in [4.78, 5) is 0. The first-order valence-corrected chi connectivity index (χ1v) is 5.37. The second-order valence-electron chi connectivity index (χ2n) is 3.21. The average Bonchev–Trinajstić information content (AvgIpc) is 2.21. The molecule has 0 aromatic heterocycles. The molecular weight excluding hydrogens is 174 g/mol. The van der Waals surface area contributed by atoms with Crippen LogP contribution in [0.2, 0.25) is 0 Å². The molecule has 0 aromatic rings. The van der Waals surface area contributed by atoms with Crippen LogP contribution in [-0.4, -0.2) is 32.7 Å². The van der Waals surface area contributed by atoms with Crippen molar-refractivity contribution in [2.45, 2.75) is 19.3 Å². The summed E-state index contributed by atoms with van der Waals surface area (Å²) in [6.07, 6.45) is 5.40. The standard InChI is InChI=1S/C11H23N3/c1-2-3-8-13-9-4-5-10-14-11-6-7-12/h3,13-14H,1,4-12H2. The van der Waals surface area contributed by atoms with Crippen molar-refractivity contribution < 1.29 is 0 Å². The van der Waals surface area contributed by atoms with Crippen LogP contribution in [0.1, 0.15) is 19.3 Å². The molecule has 0 aliphatic heterocycles. The first-order valence-electron chi connectivity index (χ1n) is 5.37. The quantitative estimate of drug-likeness (QED) is 0.356. The van der Waals surface area contributed by atoms with Gasteiger partial charge >= 0.3 is 0 Å². The topological polar surface area (TPSA) is 50.1 Å². The molecule has 4 N–H and O–H groups in total. The number of nitrogens with two attached hydrogens (primary N) is 1. The molecule has 3 nitrogen and oxygen atoms in total. The molecule has 0 aliphatic carbocycles. The fraction of sp³-hybridized carbons (Fsp3) is 0.727. The molecule has 0 saturated heterocycles. The Kier molecular flexibility index (Phi) is 11.9. The van der Waals surface area contributed by atoms with Crippen molar-refractivity contribution in [3.63, 3.8) is 0 Å². The zero-order valence-corrected chi connectivity index (χ0v) is 9.02. The zero-order valence-electron chi connectivity index (χ0n) is 9.02. The Hall–Kier alpha value is -0.600. The Morgan fingerprint density at radius 2 is 1.71 bits per heavy atom. The minimum Gasteiger partial charge on any atom is -0.330 e. The molecule has 82 valence electrons. The summed E-state index contributed by atoms with van der Waals surface area (Å²) in [6.45, 7) is 8.36. The van der Waals surface area contributed by atoms with E-state index in [2.05, 4.69) is 22.9 Å². The summed E-state index contributed by atoms with van der Waals surface area (Å²) in [5.41, 5.74) is 8.10. The monoisotopic (exact) mass is 197 g/mol. The van der Waals surface area contributed by atoms with Crippen LogP contribution in [0, 0.1) is 0 Å². The number of rotatable bonds is 10. The number of hydrogen-bond donors (Lipinski definition) is 3. The van der Waals surface area contributed by atoms with Gasteiger partial charge in [-0.05, 0) is 51.5 Å². The molecule has 0 heterocycles. The average molecular weight is 197 g/mol. The molecule has 0 aliphatic rings. The molecular formula is C11H23N3. The molecule has 0 spiro atoms. The van der Waals surface area contributed by atoms with Crippen molar-refractivity contribution in [2.24, 2.45) is 5.73 Å². The zero-order chi connectivity index (χ0) is 10.5. The third-order valence-electron chi connectivity index (χ3n) is 1.91. The van der Waals surface area contributed by atoms with Gasteiger partial charge in [-0.15, -0.1) is 5.73 Å². The maximum atomic E-state index is 5.37. The third kappa shape index (κ3) is 11.4. The summed E-state index contributed by atoms with van der Waals surface area (Å²) in [7, 11) is 0. The predicted octanol–water partition coefficient (Wildman–Crippen LogP) is 0.636. The highest BCUT2D eigenvalue weighted by molar-refractivity contribution is 4.77. The highest BCUT2D eigenvalue weighted by atomic mass is 14.9. The van der Waals surface area contributed by atoms with Crippen molar-refractivity contribution >= 4 is 0 Å². The molecule has 0 aromatic carbocycles. The van der Waals surface area contributed by atoms with Crippen molar-refractivity contribution in [2.75, 3.05) is 32.7 Å². The largest absolute Gasteiger partial charge is 0.330 e. The highest BCUT2D eigenvalue weighted by Crippen LogP contribution is 1.84. The lowest BCUT2D eigenvalue weighted by Crippen LogP contribution is -2.21. The van der Waals surface area contributed by atoms with E-state index in [-0.39, 0.29) is 0 Å². The Bertz CT molecular complexity index is 151. The second-order valence-corrected chi connectivity index (χ2v) is 3.21. The number of hydrogen-bond acceptors (Lipinski definition) is 3. The van der Waals surface area contributed by atoms with E-state index < -0.39 is 0 Å². The van der Waals surface area contributed by atoms with Crippen molar-refractivity contribution in [3.05, 3.63) is 18.4 Å². The van der Waals surface area contributed by atoms with Gasteiger partial charge in [0.1, 0.15) is 0 Å². The van der Waals surface area contributed by atoms with Crippen LogP contribution in [0.25, 0.3) is 0 Å². The molecule has 0 amide bonds. The summed E-state index contributed by atoms with van der Waals surface area (Å²) in [5, 5.41) is 6.63. The molecule has 0 rings (SSSR count). The van der Waals surface area contributed by atoms with Crippen LogP contribution in [0.15, 0.2) is 18.4 Å². The molecule has 0 unspecified atom stereocenters. The van der Waals surface area contributed by atoms with Gasteiger partial charge in [-0.2, -0.15) is 0 Å². The second kappa shape index (κ2) is 12.4. The maximum absolute atomic E-state index is 5.37. The predicted molar refractivity (Wildman–Crippen MR) is 62.4 cm³/mol. The van der Waals surface area contributed by atoms with Crippen LogP contribution < -0.4 is 16.4 Å². The lowest BCUT2D eigenvalue weighted by Gasteiger charge is -2.03. The third-order valence-corrected chi connectivity index (χ3v) is 1.91. The van der Waals surface area contributed by atoms with E-state index in [1.165, 1.54) is 12.8 Å². The van der Waals surface area contributed by atoms with Gasteiger partial charge in [-0.3, -0.25) is 0 Å². The summed E-state index contributed by atoms with van der Waals surface area (Å²) in [5.74, 6) is 0. The van der Waals surface area contributed by atoms with Crippen LogP contribution in [0.5, 0.6) is 0 Å². The van der Waals surface area contributed by atoms with Gasteiger partial charge in [-0.25, -0.2) is 0 Å². The molecule has 3 heteroatoms. The Morgan fingerprint density at radius 1 is 1.07 bits per heavy atom. The normalized spacial score (nSPS) is 9.79. The van der Waals surface area contributed by atoms with Crippen molar-refractivity contribution in [1.29, 1.82) is 0 Å². The van der Waals surface area contributed by atoms with Crippen LogP contribution in [0.3, 0.4) is 0 Å². The molecule has 0 radical (unpaired) electrons. The smallest absolute Gasteiger partial charge is 0.0209 e. The Labute approximate surface area is 87.4 Å². The van der Waals surface area contributed by atoms with E-state index >= 15 is 0 Å². The molecule has 14 heavy (non-hydrogen) atoms. The minimum atomic E-state index is 0.780. The van der Waals surface area contributed by atoms with E-state index in [1.54, 1.807) is 0 Å². The van der Waals surface area contributed by atoms with Gasteiger partial charge in [0.2, 0.25) is 0 Å². The summed E-state index contributed by atoms with van der Waals surface area (Å²) >= 11 is 0. The fourth-order valence-electron chi connectivity index (χ4n) is 1.10. The lowest BCUT2D eigenvalue weighted by atomic mass is 10.3. The van der Waals surface area contributed by atoms with Crippen molar-refractivity contribution in [3.8, 4) is 0 Å². The van der Waals surface area contributed by atoms with E-state index in [0.29, 0.717) is 0 Å². The maximum Gasteiger partial charge on any atom is 0.0209 e. The van der Waals surface area contributed by atoms with Gasteiger partial charge in [-0.1, -0.05) is 6.58 Å². The summed E-state index contributed by atoms with van der Waals surface area (Å²) in [6, 6.07) is 0. The Morgan fingerprint density at radius 3 is 2.36 bits per heavy atom. The lowest BCUT2D eigenvalue weighted by molar-refractivity contribution is 0.588. The molecule has 0 saturated carbocycles.